The van der Waals surface area contributed by atoms with Crippen LogP contribution in [0.2, 0.25) is 0 Å². The minimum atomic E-state index is -0.633. The molecule has 7 nitrogen and oxygen atoms in total. The fourth-order valence-electron chi connectivity index (χ4n) is 5.96. The summed E-state index contributed by atoms with van der Waals surface area (Å²) in [6, 6.07) is -0.652. The Bertz CT molecular complexity index is 802. The van der Waals surface area contributed by atoms with Gasteiger partial charge in [-0.2, -0.15) is 0 Å². The molecule has 3 heterocycles. The number of carbonyl (C=O) groups excluding carboxylic acids is 3. The highest BCUT2D eigenvalue weighted by atomic mass is 32.2. The Morgan fingerprint density at radius 1 is 1.27 bits per heavy atom. The van der Waals surface area contributed by atoms with Crippen molar-refractivity contribution in [2.24, 2.45) is 11.8 Å². The first-order chi connectivity index (χ1) is 15.7. The van der Waals surface area contributed by atoms with E-state index in [4.69, 9.17) is 9.84 Å². The average Bonchev–Trinajstić information content (AvgIpc) is 3.33. The number of rotatable bonds is 12. The van der Waals surface area contributed by atoms with Gasteiger partial charge in [-0.3, -0.25) is 14.4 Å². The van der Waals surface area contributed by atoms with E-state index in [-0.39, 0.29) is 37.0 Å². The molecule has 0 aromatic heterocycles. The molecule has 3 fully saturated rings. The van der Waals surface area contributed by atoms with Crippen LogP contribution in [-0.2, 0) is 19.1 Å². The van der Waals surface area contributed by atoms with E-state index in [1.165, 1.54) is 6.08 Å². The van der Waals surface area contributed by atoms with Crippen molar-refractivity contribution in [2.45, 2.75) is 74.5 Å². The number of aliphatic hydroxyl groups excluding tert-OH is 1. The van der Waals surface area contributed by atoms with Crippen LogP contribution in [0.4, 0.5) is 0 Å². The number of nitrogens with zero attached hydrogens (tertiary/aromatic N) is 2. The summed E-state index contributed by atoms with van der Waals surface area (Å²) in [5, 5.41) is 9.14. The molecular weight excluding hydrogens is 440 g/mol. The lowest BCUT2D eigenvalue weighted by atomic mass is 9.66. The first-order valence-corrected chi connectivity index (χ1v) is 12.8. The quantitative estimate of drug-likeness (QED) is 0.264. The first kappa shape index (κ1) is 25.8. The van der Waals surface area contributed by atoms with Crippen molar-refractivity contribution < 1.29 is 24.2 Å². The maximum absolute atomic E-state index is 14.0. The fourth-order valence-corrected chi connectivity index (χ4v) is 8.30. The summed E-state index contributed by atoms with van der Waals surface area (Å²) in [4.78, 5) is 44.5. The van der Waals surface area contributed by atoms with E-state index in [2.05, 4.69) is 13.2 Å². The second-order valence-electron chi connectivity index (χ2n) is 9.84. The number of likely N-dealkylation sites (tertiary alicyclic amines) is 1. The summed E-state index contributed by atoms with van der Waals surface area (Å²) in [6.45, 7) is 14.5. The zero-order valence-corrected chi connectivity index (χ0v) is 20.9. The third-order valence-electron chi connectivity index (χ3n) is 7.40. The highest BCUT2D eigenvalue weighted by Gasteiger charge is 2.77. The molecule has 3 saturated heterocycles. The molecule has 0 aromatic rings. The van der Waals surface area contributed by atoms with E-state index in [9.17, 15) is 14.4 Å². The van der Waals surface area contributed by atoms with Gasteiger partial charge in [0.1, 0.15) is 12.6 Å². The molecule has 3 rings (SSSR count). The van der Waals surface area contributed by atoms with Gasteiger partial charge in [-0.25, -0.2) is 0 Å². The van der Waals surface area contributed by atoms with Crippen molar-refractivity contribution in [3.05, 3.63) is 25.3 Å². The molecule has 3 aliphatic heterocycles. The first-order valence-electron chi connectivity index (χ1n) is 12.0. The molecule has 0 aromatic carbocycles. The maximum Gasteiger partial charge on any atom is 0.311 e. The SMILES string of the molecule is C=CCOC(=O)[C@@H]1[C@H]2C(=O)N(CCCCCO)C(C(=O)N(CC=C)C(C)C)C23CC[C@@]1(C)S3. The van der Waals surface area contributed by atoms with Crippen LogP contribution >= 0.6 is 11.8 Å². The molecule has 2 amide bonds. The summed E-state index contributed by atoms with van der Waals surface area (Å²) < 4.78 is 4.37. The predicted octanol–water partition coefficient (Wildman–Crippen LogP) is 2.78. The zero-order chi connectivity index (χ0) is 24.4. The Morgan fingerprint density at radius 2 is 2.00 bits per heavy atom. The normalized spacial score (nSPS) is 32.2. The molecule has 3 aliphatic rings. The Labute approximate surface area is 201 Å². The third kappa shape index (κ3) is 4.36. The summed E-state index contributed by atoms with van der Waals surface area (Å²) >= 11 is 1.65. The van der Waals surface area contributed by atoms with Gasteiger partial charge < -0.3 is 19.6 Å². The zero-order valence-electron chi connectivity index (χ0n) is 20.1. The number of hydrogen-bond acceptors (Lipinski definition) is 6. The molecule has 1 spiro atoms. The van der Waals surface area contributed by atoms with Gasteiger partial charge in [0.2, 0.25) is 11.8 Å². The highest BCUT2D eigenvalue weighted by molar-refractivity contribution is 8.02. The smallest absolute Gasteiger partial charge is 0.311 e. The highest BCUT2D eigenvalue weighted by Crippen LogP contribution is 2.71. The van der Waals surface area contributed by atoms with Crippen molar-refractivity contribution >= 4 is 29.5 Å². The number of hydrogen-bond donors (Lipinski definition) is 1. The van der Waals surface area contributed by atoms with E-state index in [1.807, 2.05) is 20.8 Å². The van der Waals surface area contributed by atoms with Crippen LogP contribution in [-0.4, -0.2) is 80.6 Å². The van der Waals surface area contributed by atoms with Crippen LogP contribution in [0.5, 0.6) is 0 Å². The van der Waals surface area contributed by atoms with Gasteiger partial charge in [0.05, 0.1) is 16.6 Å². The van der Waals surface area contributed by atoms with Crippen molar-refractivity contribution in [3.63, 3.8) is 0 Å². The maximum atomic E-state index is 14.0. The number of esters is 1. The van der Waals surface area contributed by atoms with Gasteiger partial charge in [-0.05, 0) is 52.9 Å². The lowest BCUT2D eigenvalue weighted by Gasteiger charge is -2.38. The molecular formula is C25H38N2O5S. The van der Waals surface area contributed by atoms with Crippen LogP contribution in [0.15, 0.2) is 25.3 Å². The lowest BCUT2D eigenvalue weighted by Crippen LogP contribution is -2.56. The number of unbranched alkanes of at least 4 members (excludes halogenated alkanes) is 2. The van der Waals surface area contributed by atoms with Gasteiger partial charge in [0, 0.05) is 30.5 Å². The molecule has 5 atom stereocenters. The molecule has 8 heteroatoms. The van der Waals surface area contributed by atoms with Gasteiger partial charge in [0.25, 0.3) is 0 Å². The lowest BCUT2D eigenvalue weighted by molar-refractivity contribution is -0.154. The van der Waals surface area contributed by atoms with Crippen LogP contribution in [0.3, 0.4) is 0 Å². The largest absolute Gasteiger partial charge is 0.461 e. The van der Waals surface area contributed by atoms with E-state index < -0.39 is 27.4 Å². The van der Waals surface area contributed by atoms with E-state index in [0.29, 0.717) is 25.9 Å². The minimum Gasteiger partial charge on any atom is -0.461 e. The number of fused-ring (bicyclic) bond motifs is 1. The van der Waals surface area contributed by atoms with Crippen LogP contribution in [0, 0.1) is 11.8 Å². The third-order valence-corrected chi connectivity index (χ3v) is 9.38. The monoisotopic (exact) mass is 478 g/mol. The Morgan fingerprint density at radius 3 is 2.61 bits per heavy atom. The predicted molar refractivity (Wildman–Crippen MR) is 130 cm³/mol. The topological polar surface area (TPSA) is 87.1 Å². The van der Waals surface area contributed by atoms with Gasteiger partial charge in [-0.15, -0.1) is 18.3 Å². The molecule has 184 valence electrons. The van der Waals surface area contributed by atoms with Crippen LogP contribution in [0.1, 0.15) is 52.9 Å². The average molecular weight is 479 g/mol. The molecule has 0 aliphatic carbocycles. The fraction of sp³-hybridized carbons (Fsp3) is 0.720. The van der Waals surface area contributed by atoms with Crippen molar-refractivity contribution in [1.82, 2.24) is 9.80 Å². The molecule has 0 saturated carbocycles. The van der Waals surface area contributed by atoms with Gasteiger partial charge >= 0.3 is 5.97 Å². The second kappa shape index (κ2) is 10.2. The standard InChI is InChI=1S/C25H38N2O5S/c1-6-13-26(17(3)4)22(30)20-25-12-11-24(5,33-25)19(23(31)32-16-7-2)18(25)21(29)27(20)14-9-8-10-15-28/h6-7,17-20,28H,1-2,8-16H2,3-5H3/t18-,19-,20?,24+,25?/m0/s1. The minimum absolute atomic E-state index is 0.0372. The Hall–Kier alpha value is -1.80. The molecule has 0 radical (unpaired) electrons. The number of thioether (sulfide) groups is 1. The van der Waals surface area contributed by atoms with E-state index in [0.717, 1.165) is 19.3 Å². The number of carbonyl (C=O) groups is 3. The number of ether oxygens (including phenoxy) is 1. The molecule has 33 heavy (non-hydrogen) atoms. The van der Waals surface area contributed by atoms with E-state index >= 15 is 0 Å². The van der Waals surface area contributed by atoms with Crippen molar-refractivity contribution in [3.8, 4) is 0 Å². The molecule has 2 unspecified atom stereocenters. The number of amides is 2. The van der Waals surface area contributed by atoms with Crippen LogP contribution in [0.25, 0.3) is 0 Å². The second-order valence-corrected chi connectivity index (χ2v) is 11.7. The van der Waals surface area contributed by atoms with Crippen LogP contribution < -0.4 is 0 Å². The summed E-state index contributed by atoms with van der Waals surface area (Å²) in [7, 11) is 0. The Balaban J connectivity index is 2.01. The van der Waals surface area contributed by atoms with Crippen molar-refractivity contribution in [2.75, 3.05) is 26.3 Å². The van der Waals surface area contributed by atoms with Gasteiger partial charge in [-0.1, -0.05) is 18.7 Å². The van der Waals surface area contributed by atoms with Crippen molar-refractivity contribution in [1.29, 1.82) is 0 Å². The Kier molecular flexibility index (Phi) is 7.99. The van der Waals surface area contributed by atoms with Gasteiger partial charge in [0.15, 0.2) is 0 Å². The molecule has 1 N–H and O–H groups in total. The summed E-state index contributed by atoms with van der Waals surface area (Å²) in [5.74, 6) is -1.70. The number of aliphatic hydroxyl groups is 1. The molecule has 2 bridgehead atoms. The summed E-state index contributed by atoms with van der Waals surface area (Å²) in [5.41, 5.74) is 0. The van der Waals surface area contributed by atoms with E-state index in [1.54, 1.807) is 27.6 Å². The summed E-state index contributed by atoms with van der Waals surface area (Å²) in [6.07, 6.45) is 6.87.